The van der Waals surface area contributed by atoms with Gasteiger partial charge in [-0.15, -0.1) is 0 Å². The number of aromatic nitrogens is 5. The van der Waals surface area contributed by atoms with Gasteiger partial charge in [0.2, 0.25) is 5.82 Å². The predicted molar refractivity (Wildman–Crippen MR) is 111 cm³/mol. The van der Waals surface area contributed by atoms with E-state index in [0.29, 0.717) is 30.7 Å². The van der Waals surface area contributed by atoms with Crippen LogP contribution in [0.2, 0.25) is 0 Å². The summed E-state index contributed by atoms with van der Waals surface area (Å²) < 4.78 is 14.9. The smallest absolute Gasteiger partial charge is 0.280 e. The zero-order valence-corrected chi connectivity index (χ0v) is 17.2. The molecular formula is C22H23N5O4. The molecule has 0 radical (unpaired) electrons. The van der Waals surface area contributed by atoms with Crippen LogP contribution in [0.5, 0.6) is 0 Å². The van der Waals surface area contributed by atoms with Gasteiger partial charge >= 0.3 is 0 Å². The minimum Gasteiger partial charge on any atom is -0.380 e. The number of aliphatic hydroxyl groups is 1. The molecule has 0 bridgehead atoms. The first-order valence-corrected chi connectivity index (χ1v) is 10.7. The van der Waals surface area contributed by atoms with Crippen LogP contribution in [-0.4, -0.2) is 35.8 Å². The average Bonchev–Trinajstić information content (AvgIpc) is 3.55. The van der Waals surface area contributed by atoms with E-state index in [9.17, 15) is 9.90 Å². The number of hydrogen-bond donors (Lipinski definition) is 1. The molecule has 0 amide bonds. The highest BCUT2D eigenvalue weighted by Gasteiger charge is 2.39. The highest BCUT2D eigenvalue weighted by Crippen LogP contribution is 2.38. The molecule has 3 aromatic heterocycles. The molecule has 1 aromatic carbocycles. The molecule has 4 heterocycles. The Hall–Kier alpha value is -3.04. The van der Waals surface area contributed by atoms with Gasteiger partial charge in [0.25, 0.3) is 11.4 Å². The molecule has 31 heavy (non-hydrogen) atoms. The molecule has 2 fully saturated rings. The first kappa shape index (κ1) is 18.7. The Morgan fingerprint density at radius 2 is 1.87 bits per heavy atom. The molecule has 1 unspecified atom stereocenters. The molecule has 1 saturated carbocycles. The Morgan fingerprint density at radius 1 is 1.10 bits per heavy atom. The van der Waals surface area contributed by atoms with Crippen molar-refractivity contribution in [2.75, 3.05) is 6.61 Å². The van der Waals surface area contributed by atoms with Gasteiger partial charge in [0.15, 0.2) is 0 Å². The van der Waals surface area contributed by atoms with Crippen molar-refractivity contribution >= 4 is 16.6 Å². The second-order valence-electron chi connectivity index (χ2n) is 8.73. The summed E-state index contributed by atoms with van der Waals surface area (Å²) in [7, 11) is 0. The highest BCUT2D eigenvalue weighted by atomic mass is 16.5. The summed E-state index contributed by atoms with van der Waals surface area (Å²) in [5, 5.41) is 14.9. The number of nitrogens with zero attached hydrogens (tertiary/aromatic N) is 5. The molecule has 0 spiro atoms. The average molecular weight is 421 g/mol. The molecular weight excluding hydrogens is 398 g/mol. The molecule has 6 rings (SSSR count). The maximum Gasteiger partial charge on any atom is 0.280 e. The first-order chi connectivity index (χ1) is 15.0. The van der Waals surface area contributed by atoms with Crippen molar-refractivity contribution in [1.29, 1.82) is 0 Å². The van der Waals surface area contributed by atoms with E-state index in [2.05, 4.69) is 15.1 Å². The van der Waals surface area contributed by atoms with Gasteiger partial charge in [-0.05, 0) is 57.6 Å². The standard InChI is InChI=1S/C22H23N5O4/c1-21(9-6-12-30-21)27-15-8-3-2-7-14(15)26-13-23-16(17(26)19(27)28)18-24-20(31-25-18)22(29)10-4-5-11-22/h2-3,7-8,13,29H,4-6,9-12H2,1H3. The summed E-state index contributed by atoms with van der Waals surface area (Å²) in [5.74, 6) is 0.391. The van der Waals surface area contributed by atoms with Crippen LogP contribution in [-0.2, 0) is 16.1 Å². The van der Waals surface area contributed by atoms with Crippen molar-refractivity contribution in [2.45, 2.75) is 56.8 Å². The lowest BCUT2D eigenvalue weighted by atomic mass is 10.0. The molecule has 9 heteroatoms. The predicted octanol–water partition coefficient (Wildman–Crippen LogP) is 2.94. The van der Waals surface area contributed by atoms with E-state index in [1.54, 1.807) is 15.3 Å². The lowest BCUT2D eigenvalue weighted by molar-refractivity contribution is -0.0447. The van der Waals surface area contributed by atoms with Crippen molar-refractivity contribution in [3.63, 3.8) is 0 Å². The zero-order valence-electron chi connectivity index (χ0n) is 17.2. The maximum atomic E-state index is 13.8. The molecule has 9 nitrogen and oxygen atoms in total. The third kappa shape index (κ3) is 2.63. The maximum absolute atomic E-state index is 13.8. The quantitative estimate of drug-likeness (QED) is 0.542. The third-order valence-corrected chi connectivity index (χ3v) is 6.69. The molecule has 160 valence electrons. The van der Waals surface area contributed by atoms with Crippen molar-refractivity contribution < 1.29 is 14.4 Å². The second kappa shape index (κ2) is 6.48. The number of benzene rings is 1. The fourth-order valence-corrected chi connectivity index (χ4v) is 5.06. The van der Waals surface area contributed by atoms with Gasteiger partial charge in [-0.25, -0.2) is 4.98 Å². The Balaban J connectivity index is 1.61. The van der Waals surface area contributed by atoms with E-state index in [0.717, 1.165) is 36.7 Å². The van der Waals surface area contributed by atoms with E-state index < -0.39 is 11.3 Å². The van der Waals surface area contributed by atoms with Gasteiger partial charge in [-0.3, -0.25) is 13.8 Å². The van der Waals surface area contributed by atoms with E-state index >= 15 is 0 Å². The number of ether oxygens (including phenoxy) is 1. The lowest BCUT2D eigenvalue weighted by Crippen LogP contribution is -2.39. The number of imidazole rings is 1. The lowest BCUT2D eigenvalue weighted by Gasteiger charge is -2.28. The number of fused-ring (bicyclic) bond motifs is 3. The summed E-state index contributed by atoms with van der Waals surface area (Å²) in [6.07, 6.45) is 6.25. The number of para-hydroxylation sites is 2. The van der Waals surface area contributed by atoms with Gasteiger partial charge in [0.05, 0.1) is 11.0 Å². The molecule has 1 atom stereocenters. The van der Waals surface area contributed by atoms with Crippen LogP contribution >= 0.6 is 0 Å². The number of hydrogen-bond acceptors (Lipinski definition) is 7. The van der Waals surface area contributed by atoms with Crippen LogP contribution in [0.4, 0.5) is 0 Å². The fourth-order valence-electron chi connectivity index (χ4n) is 5.06. The second-order valence-corrected chi connectivity index (χ2v) is 8.73. The van der Waals surface area contributed by atoms with E-state index in [1.807, 2.05) is 31.2 Å². The van der Waals surface area contributed by atoms with Crippen LogP contribution in [0.25, 0.3) is 28.1 Å². The fraction of sp³-hybridized carbons (Fsp3) is 0.455. The molecule has 1 saturated heterocycles. The molecule has 1 aliphatic carbocycles. The first-order valence-electron chi connectivity index (χ1n) is 10.7. The Morgan fingerprint density at radius 3 is 2.61 bits per heavy atom. The topological polar surface area (TPSA) is 108 Å². The third-order valence-electron chi connectivity index (χ3n) is 6.69. The Labute approximate surface area is 177 Å². The minimum atomic E-state index is -1.10. The van der Waals surface area contributed by atoms with E-state index in [1.165, 1.54) is 0 Å². The molecule has 2 aliphatic rings. The van der Waals surface area contributed by atoms with Crippen molar-refractivity contribution in [2.24, 2.45) is 0 Å². The van der Waals surface area contributed by atoms with Crippen molar-refractivity contribution in [1.82, 2.24) is 24.1 Å². The van der Waals surface area contributed by atoms with Crippen molar-refractivity contribution in [3.05, 3.63) is 46.8 Å². The normalized spacial score (nSPS) is 23.3. The van der Waals surface area contributed by atoms with Crippen LogP contribution in [0.3, 0.4) is 0 Å². The summed E-state index contributed by atoms with van der Waals surface area (Å²) in [6.45, 7) is 2.56. The van der Waals surface area contributed by atoms with Gasteiger partial charge in [-0.2, -0.15) is 4.98 Å². The van der Waals surface area contributed by atoms with E-state index in [4.69, 9.17) is 9.26 Å². The molecule has 1 aliphatic heterocycles. The summed E-state index contributed by atoms with van der Waals surface area (Å²) in [6, 6.07) is 7.71. The number of rotatable bonds is 3. The minimum absolute atomic E-state index is 0.188. The zero-order chi connectivity index (χ0) is 21.2. The van der Waals surface area contributed by atoms with Crippen LogP contribution in [0.1, 0.15) is 51.3 Å². The molecule has 4 aromatic rings. The SMILES string of the molecule is CC1(n2c(=O)c3c(-c4noc(C5(O)CCCC5)n4)ncn3c3ccccc32)CCCO1. The summed E-state index contributed by atoms with van der Waals surface area (Å²) >= 11 is 0. The Kier molecular flexibility index (Phi) is 3.91. The Bertz CT molecular complexity index is 1360. The van der Waals surface area contributed by atoms with Crippen LogP contribution < -0.4 is 5.56 Å². The van der Waals surface area contributed by atoms with Gasteiger partial charge in [0.1, 0.15) is 28.9 Å². The van der Waals surface area contributed by atoms with Gasteiger partial charge in [-0.1, -0.05) is 17.3 Å². The monoisotopic (exact) mass is 421 g/mol. The van der Waals surface area contributed by atoms with Gasteiger partial charge in [0, 0.05) is 6.61 Å². The molecule has 1 N–H and O–H groups in total. The van der Waals surface area contributed by atoms with Gasteiger partial charge < -0.3 is 14.4 Å². The van der Waals surface area contributed by atoms with Crippen molar-refractivity contribution in [3.8, 4) is 11.5 Å². The largest absolute Gasteiger partial charge is 0.380 e. The summed E-state index contributed by atoms with van der Waals surface area (Å²) in [5.41, 5.74) is 0.263. The highest BCUT2D eigenvalue weighted by molar-refractivity contribution is 5.83. The van der Waals surface area contributed by atoms with Crippen LogP contribution in [0.15, 0.2) is 39.9 Å². The summed E-state index contributed by atoms with van der Waals surface area (Å²) in [4.78, 5) is 22.7. The van der Waals surface area contributed by atoms with E-state index in [-0.39, 0.29) is 17.3 Å². The van der Waals surface area contributed by atoms with Crippen LogP contribution in [0, 0.1) is 0 Å².